The Balaban J connectivity index is 1.71. The Bertz CT molecular complexity index is 455. The van der Waals surface area contributed by atoms with Gasteiger partial charge in [-0.15, -0.1) is 0 Å². The third kappa shape index (κ3) is 2.65. The van der Waals surface area contributed by atoms with E-state index in [1.807, 2.05) is 0 Å². The fourth-order valence-electron chi connectivity index (χ4n) is 3.50. The molecule has 1 aromatic rings. The first-order valence-corrected chi connectivity index (χ1v) is 7.05. The van der Waals surface area contributed by atoms with Crippen LogP contribution in [0.2, 0.25) is 0 Å². The summed E-state index contributed by atoms with van der Waals surface area (Å²) in [6.07, 6.45) is 3.61. The van der Waals surface area contributed by atoms with Crippen LogP contribution in [0.3, 0.4) is 0 Å². The summed E-state index contributed by atoms with van der Waals surface area (Å²) in [4.78, 5) is 2.27. The van der Waals surface area contributed by atoms with Crippen molar-refractivity contribution in [1.82, 2.24) is 10.2 Å². The van der Waals surface area contributed by atoms with Gasteiger partial charge in [0.2, 0.25) is 0 Å². The van der Waals surface area contributed by atoms with Crippen LogP contribution in [0.4, 0.5) is 8.78 Å². The predicted molar refractivity (Wildman–Crippen MR) is 70.8 cm³/mol. The summed E-state index contributed by atoms with van der Waals surface area (Å²) in [7, 11) is 0. The number of likely N-dealkylation sites (tertiary alicyclic amines) is 1. The molecule has 0 bridgehead atoms. The topological polar surface area (TPSA) is 15.3 Å². The second-order valence-electron chi connectivity index (χ2n) is 5.95. The van der Waals surface area contributed by atoms with E-state index in [1.165, 1.54) is 18.9 Å². The van der Waals surface area contributed by atoms with Crippen LogP contribution in [0, 0.1) is 17.0 Å². The molecule has 0 unspecified atom stereocenters. The van der Waals surface area contributed by atoms with Crippen molar-refractivity contribution in [3.8, 4) is 0 Å². The van der Waals surface area contributed by atoms with Gasteiger partial charge < -0.3 is 5.32 Å². The van der Waals surface area contributed by atoms with Gasteiger partial charge >= 0.3 is 0 Å². The molecule has 2 fully saturated rings. The SMILES string of the molecule is Fc1cccc(CN2CCC[C@]3(CCNC3)C2)c1F. The Morgan fingerprint density at radius 3 is 2.95 bits per heavy atom. The average Bonchev–Trinajstić information content (AvgIpc) is 2.83. The van der Waals surface area contributed by atoms with E-state index in [1.54, 1.807) is 12.1 Å². The molecule has 0 saturated carbocycles. The molecule has 19 heavy (non-hydrogen) atoms. The number of piperidine rings is 1. The van der Waals surface area contributed by atoms with Gasteiger partial charge in [0.25, 0.3) is 0 Å². The number of hydrogen-bond donors (Lipinski definition) is 1. The molecule has 1 atom stereocenters. The number of benzene rings is 1. The molecule has 2 aliphatic heterocycles. The molecule has 0 amide bonds. The largest absolute Gasteiger partial charge is 0.316 e. The zero-order valence-corrected chi connectivity index (χ0v) is 11.1. The van der Waals surface area contributed by atoms with Gasteiger partial charge in [-0.25, -0.2) is 8.78 Å². The maximum Gasteiger partial charge on any atom is 0.163 e. The maximum absolute atomic E-state index is 13.7. The molecule has 2 saturated heterocycles. The number of rotatable bonds is 2. The quantitative estimate of drug-likeness (QED) is 0.885. The highest BCUT2D eigenvalue weighted by Gasteiger charge is 2.37. The third-order valence-corrected chi connectivity index (χ3v) is 4.50. The van der Waals surface area contributed by atoms with Crippen molar-refractivity contribution in [1.29, 1.82) is 0 Å². The molecule has 1 N–H and O–H groups in total. The first-order valence-electron chi connectivity index (χ1n) is 7.05. The Hall–Kier alpha value is -1.00. The molecule has 2 heterocycles. The number of nitrogens with zero attached hydrogens (tertiary/aromatic N) is 1. The summed E-state index contributed by atoms with van der Waals surface area (Å²) >= 11 is 0. The molecule has 0 aliphatic carbocycles. The monoisotopic (exact) mass is 266 g/mol. The average molecular weight is 266 g/mol. The van der Waals surface area contributed by atoms with Gasteiger partial charge in [0, 0.05) is 25.2 Å². The van der Waals surface area contributed by atoms with Gasteiger partial charge in [0.05, 0.1) is 0 Å². The van der Waals surface area contributed by atoms with E-state index in [-0.39, 0.29) is 0 Å². The Kier molecular flexibility index (Phi) is 3.54. The van der Waals surface area contributed by atoms with Crippen LogP contribution in [-0.2, 0) is 6.54 Å². The molecular weight excluding hydrogens is 246 g/mol. The predicted octanol–water partition coefficient (Wildman–Crippen LogP) is 2.54. The first kappa shape index (κ1) is 13.0. The molecule has 1 spiro atoms. The lowest BCUT2D eigenvalue weighted by atomic mass is 9.79. The molecular formula is C15H20F2N2. The molecule has 4 heteroatoms. The van der Waals surface area contributed by atoms with E-state index in [0.29, 0.717) is 17.5 Å². The molecule has 2 aliphatic rings. The molecule has 3 rings (SSSR count). The van der Waals surface area contributed by atoms with Crippen LogP contribution in [0.5, 0.6) is 0 Å². The summed E-state index contributed by atoms with van der Waals surface area (Å²) in [5, 5.41) is 3.43. The smallest absolute Gasteiger partial charge is 0.163 e. The van der Waals surface area contributed by atoms with Crippen molar-refractivity contribution in [3.05, 3.63) is 35.4 Å². The summed E-state index contributed by atoms with van der Waals surface area (Å²) in [5.41, 5.74) is 0.838. The van der Waals surface area contributed by atoms with Gasteiger partial charge in [-0.05, 0) is 43.8 Å². The van der Waals surface area contributed by atoms with Crippen LogP contribution in [0.25, 0.3) is 0 Å². The van der Waals surface area contributed by atoms with Crippen LogP contribution >= 0.6 is 0 Å². The minimum Gasteiger partial charge on any atom is -0.316 e. The van der Waals surface area contributed by atoms with Gasteiger partial charge in [-0.3, -0.25) is 4.90 Å². The molecule has 0 aromatic heterocycles. The lowest BCUT2D eigenvalue weighted by Crippen LogP contribution is -2.44. The number of halogens is 2. The van der Waals surface area contributed by atoms with Crippen molar-refractivity contribution >= 4 is 0 Å². The van der Waals surface area contributed by atoms with E-state index in [0.717, 1.165) is 32.6 Å². The minimum absolute atomic E-state index is 0.363. The van der Waals surface area contributed by atoms with Crippen molar-refractivity contribution in [3.63, 3.8) is 0 Å². The van der Waals surface area contributed by atoms with Crippen LogP contribution in [0.15, 0.2) is 18.2 Å². The summed E-state index contributed by atoms with van der Waals surface area (Å²) < 4.78 is 26.9. The number of hydrogen-bond acceptors (Lipinski definition) is 2. The molecule has 104 valence electrons. The molecule has 0 radical (unpaired) electrons. The zero-order valence-electron chi connectivity index (χ0n) is 11.1. The highest BCUT2D eigenvalue weighted by atomic mass is 19.2. The minimum atomic E-state index is -0.744. The van der Waals surface area contributed by atoms with E-state index in [2.05, 4.69) is 10.2 Å². The van der Waals surface area contributed by atoms with E-state index in [9.17, 15) is 8.78 Å². The highest BCUT2D eigenvalue weighted by molar-refractivity contribution is 5.19. The van der Waals surface area contributed by atoms with Crippen molar-refractivity contribution in [2.24, 2.45) is 5.41 Å². The summed E-state index contributed by atoms with van der Waals surface area (Å²) in [5.74, 6) is -1.43. The van der Waals surface area contributed by atoms with Gasteiger partial charge in [-0.1, -0.05) is 12.1 Å². The lowest BCUT2D eigenvalue weighted by molar-refractivity contribution is 0.0967. The van der Waals surface area contributed by atoms with Crippen molar-refractivity contribution in [2.45, 2.75) is 25.8 Å². The molecule has 1 aromatic carbocycles. The number of nitrogens with one attached hydrogen (secondary N) is 1. The normalized spacial score (nSPS) is 28.1. The fraction of sp³-hybridized carbons (Fsp3) is 0.600. The van der Waals surface area contributed by atoms with Crippen LogP contribution in [0.1, 0.15) is 24.8 Å². The summed E-state index contributed by atoms with van der Waals surface area (Å²) in [6.45, 7) is 4.65. The highest BCUT2D eigenvalue weighted by Crippen LogP contribution is 2.36. The van der Waals surface area contributed by atoms with Gasteiger partial charge in [0.1, 0.15) is 0 Å². The lowest BCUT2D eigenvalue weighted by Gasteiger charge is -2.40. The second-order valence-corrected chi connectivity index (χ2v) is 5.95. The van der Waals surface area contributed by atoms with E-state index < -0.39 is 11.6 Å². The van der Waals surface area contributed by atoms with E-state index >= 15 is 0 Å². The molecule has 2 nitrogen and oxygen atoms in total. The Labute approximate surface area is 112 Å². The zero-order chi connectivity index (χ0) is 13.3. The summed E-state index contributed by atoms with van der Waals surface area (Å²) in [6, 6.07) is 4.45. The van der Waals surface area contributed by atoms with Crippen LogP contribution in [-0.4, -0.2) is 31.1 Å². The standard InChI is InChI=1S/C15H20F2N2/c16-13-4-1-3-12(14(13)17)9-19-8-2-5-15(11-19)6-7-18-10-15/h1,3-4,18H,2,5-11H2/t15-/m1/s1. The fourth-order valence-corrected chi connectivity index (χ4v) is 3.50. The Morgan fingerprint density at radius 2 is 2.16 bits per heavy atom. The second kappa shape index (κ2) is 5.17. The third-order valence-electron chi connectivity index (χ3n) is 4.50. The maximum atomic E-state index is 13.7. The van der Waals surface area contributed by atoms with Crippen LogP contribution < -0.4 is 5.32 Å². The first-order chi connectivity index (χ1) is 9.19. The van der Waals surface area contributed by atoms with Gasteiger partial charge in [0.15, 0.2) is 11.6 Å². The van der Waals surface area contributed by atoms with Gasteiger partial charge in [-0.2, -0.15) is 0 Å². The van der Waals surface area contributed by atoms with Crippen molar-refractivity contribution < 1.29 is 8.78 Å². The Morgan fingerprint density at radius 1 is 1.26 bits per heavy atom. The van der Waals surface area contributed by atoms with E-state index in [4.69, 9.17) is 0 Å². The van der Waals surface area contributed by atoms with Crippen molar-refractivity contribution in [2.75, 3.05) is 26.2 Å².